The smallest absolute Gasteiger partial charge is 0.222 e. The van der Waals surface area contributed by atoms with E-state index in [4.69, 9.17) is 16.0 Å². The van der Waals surface area contributed by atoms with E-state index < -0.39 is 0 Å². The minimum absolute atomic E-state index is 0.0580. The molecule has 4 rings (SSSR count). The van der Waals surface area contributed by atoms with Crippen LogP contribution in [0.2, 0.25) is 5.02 Å². The van der Waals surface area contributed by atoms with E-state index in [1.807, 2.05) is 31.3 Å². The molecular weight excluding hydrogens is 443 g/mol. The second-order valence-corrected chi connectivity index (χ2v) is 8.79. The Kier molecular flexibility index (Phi) is 7.75. The zero-order valence-corrected chi connectivity index (χ0v) is 19.3. The summed E-state index contributed by atoms with van der Waals surface area (Å²) >= 11 is 6.21. The molecular formula is C25H28ClFN4O2. The number of hydrogen-bond acceptors (Lipinski definition) is 5. The Bertz CT molecular complexity index is 1090. The molecule has 2 heterocycles. The lowest BCUT2D eigenvalue weighted by molar-refractivity contribution is -0.130. The van der Waals surface area contributed by atoms with Crippen molar-refractivity contribution in [3.8, 4) is 11.3 Å². The number of oxazole rings is 1. The highest BCUT2D eigenvalue weighted by atomic mass is 35.5. The summed E-state index contributed by atoms with van der Waals surface area (Å²) in [4.78, 5) is 18.6. The number of aromatic nitrogens is 1. The lowest BCUT2D eigenvalue weighted by Crippen LogP contribution is -2.32. The summed E-state index contributed by atoms with van der Waals surface area (Å²) < 4.78 is 19.2. The number of hydrogen-bond donors (Lipinski definition) is 2. The molecule has 0 radical (unpaired) electrons. The number of rotatable bonds is 9. The Hall–Kier alpha value is -2.74. The third-order valence-electron chi connectivity index (χ3n) is 5.95. The minimum atomic E-state index is -0.220. The summed E-state index contributed by atoms with van der Waals surface area (Å²) in [5.74, 6) is 0.965. The van der Waals surface area contributed by atoms with Crippen molar-refractivity contribution in [3.05, 3.63) is 77.0 Å². The molecule has 2 atom stereocenters. The fraction of sp³-hybridized carbons (Fsp3) is 0.360. The molecule has 33 heavy (non-hydrogen) atoms. The van der Waals surface area contributed by atoms with Crippen LogP contribution in [0.1, 0.15) is 43.2 Å². The molecule has 1 saturated heterocycles. The molecule has 174 valence electrons. The van der Waals surface area contributed by atoms with Crippen molar-refractivity contribution in [3.63, 3.8) is 0 Å². The number of amides is 1. The molecule has 3 aromatic rings. The molecule has 2 aromatic carbocycles. The Labute approximate surface area is 198 Å². The quantitative estimate of drug-likeness (QED) is 0.465. The normalized spacial score (nSPS) is 17.9. The molecule has 1 fully saturated rings. The monoisotopic (exact) mass is 470 g/mol. The first-order chi connectivity index (χ1) is 16.0. The van der Waals surface area contributed by atoms with Gasteiger partial charge in [-0.2, -0.15) is 0 Å². The van der Waals surface area contributed by atoms with Gasteiger partial charge in [0.1, 0.15) is 5.82 Å². The average molecular weight is 471 g/mol. The van der Waals surface area contributed by atoms with Crippen molar-refractivity contribution >= 4 is 17.5 Å². The van der Waals surface area contributed by atoms with Gasteiger partial charge in [-0.15, -0.1) is 0 Å². The van der Waals surface area contributed by atoms with Crippen LogP contribution in [0.4, 0.5) is 4.39 Å². The van der Waals surface area contributed by atoms with E-state index in [0.717, 1.165) is 30.4 Å². The summed E-state index contributed by atoms with van der Waals surface area (Å²) in [6.45, 7) is 0.679. The maximum Gasteiger partial charge on any atom is 0.222 e. The molecule has 1 aliphatic heterocycles. The minimum Gasteiger partial charge on any atom is -0.441 e. The maximum atomic E-state index is 13.5. The van der Waals surface area contributed by atoms with Crippen molar-refractivity contribution < 1.29 is 13.6 Å². The molecule has 8 heteroatoms. The summed E-state index contributed by atoms with van der Waals surface area (Å²) in [6, 6.07) is 14.5. The Balaban J connectivity index is 1.17. The average Bonchev–Trinajstić information content (AvgIpc) is 3.48. The fourth-order valence-electron chi connectivity index (χ4n) is 4.07. The van der Waals surface area contributed by atoms with Gasteiger partial charge in [-0.1, -0.05) is 35.9 Å². The second kappa shape index (κ2) is 10.9. The van der Waals surface area contributed by atoms with E-state index >= 15 is 0 Å². The van der Waals surface area contributed by atoms with Crippen LogP contribution in [0.15, 0.2) is 59.1 Å². The summed E-state index contributed by atoms with van der Waals surface area (Å²) in [5, 5.41) is 0.602. The van der Waals surface area contributed by atoms with E-state index in [1.54, 1.807) is 29.3 Å². The molecule has 1 aliphatic rings. The molecule has 0 spiro atoms. The van der Waals surface area contributed by atoms with Gasteiger partial charge in [0, 0.05) is 44.1 Å². The zero-order chi connectivity index (χ0) is 23.2. The largest absolute Gasteiger partial charge is 0.441 e. The van der Waals surface area contributed by atoms with E-state index in [9.17, 15) is 9.18 Å². The number of carbonyl (C=O) groups excluding carboxylic acids is 1. The van der Waals surface area contributed by atoms with Crippen LogP contribution in [-0.2, 0) is 11.2 Å². The molecule has 0 saturated carbocycles. The standard InChI is InChI=1S/C25H28ClFN4O2/c1-31(13-5-8-19-15-22(30-29-19)17-6-4-7-18(27)14-17)25(32)12-11-24-28-16-23(33-24)20-9-2-3-10-21(20)26/h2-4,6-7,9-10,14,16,19,22,29-30H,5,8,11-13,15H2,1H3. The topological polar surface area (TPSA) is 70.4 Å². The van der Waals surface area contributed by atoms with E-state index in [0.29, 0.717) is 36.1 Å². The van der Waals surface area contributed by atoms with Crippen LogP contribution in [0.5, 0.6) is 0 Å². The van der Waals surface area contributed by atoms with E-state index in [-0.39, 0.29) is 23.8 Å². The number of aryl methyl sites for hydroxylation is 1. The third kappa shape index (κ3) is 6.19. The van der Waals surface area contributed by atoms with Gasteiger partial charge >= 0.3 is 0 Å². The van der Waals surface area contributed by atoms with E-state index in [1.165, 1.54) is 6.07 Å². The van der Waals surface area contributed by atoms with Crippen molar-refractivity contribution in [2.45, 2.75) is 44.2 Å². The first kappa shape index (κ1) is 23.4. The van der Waals surface area contributed by atoms with Crippen molar-refractivity contribution in [2.75, 3.05) is 13.6 Å². The zero-order valence-electron chi connectivity index (χ0n) is 18.6. The SMILES string of the molecule is CN(CCCC1CC(c2cccc(F)c2)NN1)C(=O)CCc1ncc(-c2ccccc2Cl)o1. The van der Waals surface area contributed by atoms with Crippen molar-refractivity contribution in [2.24, 2.45) is 0 Å². The van der Waals surface area contributed by atoms with Gasteiger partial charge in [-0.25, -0.2) is 9.37 Å². The number of hydrazine groups is 1. The second-order valence-electron chi connectivity index (χ2n) is 8.38. The van der Waals surface area contributed by atoms with Crippen molar-refractivity contribution in [1.82, 2.24) is 20.7 Å². The predicted octanol–water partition coefficient (Wildman–Crippen LogP) is 4.91. The van der Waals surface area contributed by atoms with Gasteiger partial charge in [0.2, 0.25) is 5.91 Å². The Morgan fingerprint density at radius 1 is 1.24 bits per heavy atom. The number of nitrogens with zero attached hydrogens (tertiary/aromatic N) is 2. The maximum absolute atomic E-state index is 13.5. The summed E-state index contributed by atoms with van der Waals surface area (Å²) in [7, 11) is 1.82. The highest BCUT2D eigenvalue weighted by Gasteiger charge is 2.25. The van der Waals surface area contributed by atoms with Gasteiger partial charge in [0.05, 0.1) is 11.2 Å². The van der Waals surface area contributed by atoms with Crippen LogP contribution in [0, 0.1) is 5.82 Å². The molecule has 1 amide bonds. The number of benzene rings is 2. The molecule has 0 bridgehead atoms. The van der Waals surface area contributed by atoms with Crippen LogP contribution < -0.4 is 10.9 Å². The Morgan fingerprint density at radius 2 is 2.09 bits per heavy atom. The van der Waals surface area contributed by atoms with Gasteiger partial charge < -0.3 is 9.32 Å². The van der Waals surface area contributed by atoms with Gasteiger partial charge in [0.15, 0.2) is 11.7 Å². The first-order valence-electron chi connectivity index (χ1n) is 11.2. The highest BCUT2D eigenvalue weighted by molar-refractivity contribution is 6.33. The Morgan fingerprint density at radius 3 is 2.91 bits per heavy atom. The first-order valence-corrected chi connectivity index (χ1v) is 11.6. The molecule has 1 aromatic heterocycles. The molecule has 2 unspecified atom stereocenters. The number of carbonyl (C=O) groups is 1. The lowest BCUT2D eigenvalue weighted by atomic mass is 9.99. The van der Waals surface area contributed by atoms with Crippen LogP contribution in [-0.4, -0.2) is 35.4 Å². The number of halogens is 2. The summed E-state index contributed by atoms with van der Waals surface area (Å²) in [6.07, 6.45) is 5.12. The molecule has 0 aliphatic carbocycles. The summed E-state index contributed by atoms with van der Waals surface area (Å²) in [5.41, 5.74) is 8.27. The fourth-order valence-corrected chi connectivity index (χ4v) is 4.30. The highest BCUT2D eigenvalue weighted by Crippen LogP contribution is 2.28. The molecule has 2 N–H and O–H groups in total. The number of nitrogens with one attached hydrogen (secondary N) is 2. The third-order valence-corrected chi connectivity index (χ3v) is 6.28. The van der Waals surface area contributed by atoms with Crippen LogP contribution >= 0.6 is 11.6 Å². The molecule has 6 nitrogen and oxygen atoms in total. The van der Waals surface area contributed by atoms with E-state index in [2.05, 4.69) is 15.8 Å². The van der Waals surface area contributed by atoms with Gasteiger partial charge in [0.25, 0.3) is 0 Å². The predicted molar refractivity (Wildman–Crippen MR) is 126 cm³/mol. The van der Waals surface area contributed by atoms with Crippen LogP contribution in [0.25, 0.3) is 11.3 Å². The van der Waals surface area contributed by atoms with Crippen molar-refractivity contribution in [1.29, 1.82) is 0 Å². The lowest BCUT2D eigenvalue weighted by Gasteiger charge is -2.18. The van der Waals surface area contributed by atoms with Gasteiger partial charge in [-0.3, -0.25) is 15.6 Å². The van der Waals surface area contributed by atoms with Gasteiger partial charge in [-0.05, 0) is 49.1 Å². The van der Waals surface area contributed by atoms with Crippen LogP contribution in [0.3, 0.4) is 0 Å².